The van der Waals surface area contributed by atoms with Gasteiger partial charge in [-0.15, -0.1) is 0 Å². The Bertz CT molecular complexity index is 914. The molecule has 3 atom stereocenters. The van der Waals surface area contributed by atoms with Crippen LogP contribution in [0.15, 0.2) is 23.1 Å². The zero-order valence-corrected chi connectivity index (χ0v) is 19.7. The van der Waals surface area contributed by atoms with E-state index >= 15 is 0 Å². The maximum absolute atomic E-state index is 13.0. The molecule has 1 aromatic carbocycles. The highest BCUT2D eigenvalue weighted by atomic mass is 35.5. The number of nitrogens with zero attached hydrogens (tertiary/aromatic N) is 1. The first kappa shape index (κ1) is 24.0. The molecule has 1 amide bonds. The van der Waals surface area contributed by atoms with Crippen LogP contribution >= 0.6 is 11.6 Å². The van der Waals surface area contributed by atoms with Crippen LogP contribution in [-0.2, 0) is 19.6 Å². The molecule has 2 aliphatic rings. The summed E-state index contributed by atoms with van der Waals surface area (Å²) in [5.74, 6) is -0.204. The van der Waals surface area contributed by atoms with Crippen molar-refractivity contribution in [3.05, 3.63) is 28.8 Å². The van der Waals surface area contributed by atoms with Gasteiger partial charge in [-0.25, -0.2) is 13.2 Å². The number of carbonyl (C=O) groups excluding carboxylic acids is 2. The van der Waals surface area contributed by atoms with Gasteiger partial charge in [0.05, 0.1) is 10.6 Å². The number of hydrogen-bond acceptors (Lipinski definition) is 5. The predicted octanol–water partition coefficient (Wildman–Crippen LogP) is 3.61. The number of hydrogen-bond donors (Lipinski definition) is 1. The molecule has 1 aromatic rings. The van der Waals surface area contributed by atoms with Gasteiger partial charge in [-0.2, -0.15) is 4.31 Å². The molecule has 1 aliphatic carbocycles. The van der Waals surface area contributed by atoms with Gasteiger partial charge in [0.2, 0.25) is 10.0 Å². The van der Waals surface area contributed by atoms with Gasteiger partial charge in [0.15, 0.2) is 6.61 Å². The zero-order chi connectivity index (χ0) is 22.6. The Morgan fingerprint density at radius 3 is 2.55 bits per heavy atom. The molecule has 0 spiro atoms. The van der Waals surface area contributed by atoms with Gasteiger partial charge < -0.3 is 10.1 Å². The number of carbonyl (C=O) groups is 2. The predicted molar refractivity (Wildman–Crippen MR) is 118 cm³/mol. The zero-order valence-electron chi connectivity index (χ0n) is 18.1. The molecule has 1 N–H and O–H groups in total. The number of benzene rings is 1. The molecule has 0 aromatic heterocycles. The van der Waals surface area contributed by atoms with Crippen molar-refractivity contribution in [2.45, 2.75) is 63.3 Å². The lowest BCUT2D eigenvalue weighted by Gasteiger charge is -2.34. The molecule has 0 radical (unpaired) electrons. The van der Waals surface area contributed by atoms with Gasteiger partial charge in [-0.3, -0.25) is 4.79 Å². The van der Waals surface area contributed by atoms with Crippen molar-refractivity contribution in [1.82, 2.24) is 9.62 Å². The summed E-state index contributed by atoms with van der Waals surface area (Å²) < 4.78 is 32.4. The van der Waals surface area contributed by atoms with Crippen LogP contribution in [0, 0.1) is 11.8 Å². The molecule has 2 fully saturated rings. The first-order valence-corrected chi connectivity index (χ1v) is 12.8. The van der Waals surface area contributed by atoms with Gasteiger partial charge in [0.1, 0.15) is 4.90 Å². The van der Waals surface area contributed by atoms with Crippen molar-refractivity contribution < 1.29 is 22.7 Å². The van der Waals surface area contributed by atoms with E-state index < -0.39 is 22.6 Å². The Labute approximate surface area is 189 Å². The molecule has 1 aliphatic heterocycles. The monoisotopic (exact) mass is 470 g/mol. The fraction of sp³-hybridized carbons (Fsp3) is 0.636. The summed E-state index contributed by atoms with van der Waals surface area (Å²) in [6, 6.07) is 4.09. The highest BCUT2D eigenvalue weighted by molar-refractivity contribution is 7.89. The van der Waals surface area contributed by atoms with Crippen molar-refractivity contribution in [3.63, 3.8) is 0 Å². The highest BCUT2D eigenvalue weighted by Crippen LogP contribution is 2.30. The molecule has 1 saturated heterocycles. The summed E-state index contributed by atoms with van der Waals surface area (Å²) in [4.78, 5) is 24.6. The van der Waals surface area contributed by atoms with Crippen LogP contribution in [-0.4, -0.2) is 50.3 Å². The second kappa shape index (κ2) is 10.3. The van der Waals surface area contributed by atoms with Crippen molar-refractivity contribution in [2.24, 2.45) is 11.8 Å². The van der Waals surface area contributed by atoms with E-state index in [1.807, 2.05) is 0 Å². The largest absolute Gasteiger partial charge is 0.452 e. The van der Waals surface area contributed by atoms with E-state index in [0.29, 0.717) is 24.9 Å². The van der Waals surface area contributed by atoms with Crippen LogP contribution in [0.1, 0.15) is 62.7 Å². The van der Waals surface area contributed by atoms with Crippen molar-refractivity contribution in [1.29, 1.82) is 0 Å². The van der Waals surface area contributed by atoms with Crippen LogP contribution in [0.4, 0.5) is 0 Å². The van der Waals surface area contributed by atoms with E-state index in [1.54, 1.807) is 0 Å². The second-order valence-corrected chi connectivity index (χ2v) is 10.9. The number of amides is 1. The van der Waals surface area contributed by atoms with E-state index in [9.17, 15) is 18.0 Å². The van der Waals surface area contributed by atoms with Gasteiger partial charge in [-0.05, 0) is 49.3 Å². The Balaban J connectivity index is 1.63. The summed E-state index contributed by atoms with van der Waals surface area (Å²) in [5, 5.41) is 3.01. The van der Waals surface area contributed by atoms with E-state index in [0.717, 1.165) is 38.5 Å². The number of nitrogens with one attached hydrogen (secondary N) is 1. The third-order valence-electron chi connectivity index (χ3n) is 6.49. The van der Waals surface area contributed by atoms with Crippen molar-refractivity contribution in [3.8, 4) is 0 Å². The summed E-state index contributed by atoms with van der Waals surface area (Å²) in [5.41, 5.74) is 0.0486. The molecule has 7 nitrogen and oxygen atoms in total. The smallest absolute Gasteiger partial charge is 0.338 e. The molecule has 0 bridgehead atoms. The van der Waals surface area contributed by atoms with Gasteiger partial charge in [0.25, 0.3) is 5.91 Å². The second-order valence-electron chi connectivity index (χ2n) is 8.63. The third kappa shape index (κ3) is 5.79. The molecular weight excluding hydrogens is 440 g/mol. The third-order valence-corrected chi connectivity index (χ3v) is 8.87. The Kier molecular flexibility index (Phi) is 7.99. The average Bonchev–Trinajstić information content (AvgIpc) is 2.76. The topological polar surface area (TPSA) is 92.8 Å². The molecule has 9 heteroatoms. The fourth-order valence-electron chi connectivity index (χ4n) is 4.32. The molecular formula is C22H31ClN2O5S. The van der Waals surface area contributed by atoms with Crippen LogP contribution in [0.5, 0.6) is 0 Å². The summed E-state index contributed by atoms with van der Waals surface area (Å²) in [6.45, 7) is 4.77. The minimum atomic E-state index is -3.80. The standard InChI is InChI=1S/C22H31ClN2O5S/c1-15-7-6-8-19(16(15)2)24-21(26)14-30-22(27)17-9-10-18(23)20(13-17)31(28,29)25-11-4-3-5-12-25/h9-10,13,15-16,19H,3-8,11-12,14H2,1-2H3,(H,24,26). The highest BCUT2D eigenvalue weighted by Gasteiger charge is 2.30. The summed E-state index contributed by atoms with van der Waals surface area (Å²) in [6.07, 6.45) is 5.72. The lowest BCUT2D eigenvalue weighted by atomic mass is 9.78. The lowest BCUT2D eigenvalue weighted by molar-refractivity contribution is -0.125. The number of rotatable bonds is 6. The first-order chi connectivity index (χ1) is 14.7. The number of ether oxygens (including phenoxy) is 1. The first-order valence-electron chi connectivity index (χ1n) is 11.0. The number of sulfonamides is 1. The van der Waals surface area contributed by atoms with Crippen LogP contribution in [0.2, 0.25) is 5.02 Å². The van der Waals surface area contributed by atoms with E-state index in [1.165, 1.54) is 22.5 Å². The molecule has 1 saturated carbocycles. The quantitative estimate of drug-likeness (QED) is 0.641. The number of esters is 1. The molecule has 1 heterocycles. The van der Waals surface area contributed by atoms with Crippen LogP contribution < -0.4 is 5.32 Å². The van der Waals surface area contributed by atoms with E-state index in [2.05, 4.69) is 19.2 Å². The molecule has 3 rings (SSSR count). The van der Waals surface area contributed by atoms with Crippen LogP contribution in [0.3, 0.4) is 0 Å². The van der Waals surface area contributed by atoms with Crippen molar-refractivity contribution in [2.75, 3.05) is 19.7 Å². The minimum Gasteiger partial charge on any atom is -0.452 e. The Morgan fingerprint density at radius 1 is 1.13 bits per heavy atom. The molecule has 31 heavy (non-hydrogen) atoms. The molecule has 3 unspecified atom stereocenters. The van der Waals surface area contributed by atoms with E-state index in [-0.39, 0.29) is 27.4 Å². The van der Waals surface area contributed by atoms with Crippen LogP contribution in [0.25, 0.3) is 0 Å². The van der Waals surface area contributed by atoms with Crippen molar-refractivity contribution >= 4 is 33.5 Å². The molecule has 172 valence electrons. The average molecular weight is 471 g/mol. The fourth-order valence-corrected chi connectivity index (χ4v) is 6.34. The van der Waals surface area contributed by atoms with Gasteiger partial charge in [-0.1, -0.05) is 44.7 Å². The maximum Gasteiger partial charge on any atom is 0.338 e. The Hall–Kier alpha value is -1.64. The maximum atomic E-state index is 13.0. The summed E-state index contributed by atoms with van der Waals surface area (Å²) in [7, 11) is -3.80. The number of piperidine rings is 1. The summed E-state index contributed by atoms with van der Waals surface area (Å²) >= 11 is 6.14. The van der Waals surface area contributed by atoms with E-state index in [4.69, 9.17) is 16.3 Å². The number of halogens is 1. The lowest BCUT2D eigenvalue weighted by Crippen LogP contribution is -2.45. The Morgan fingerprint density at radius 2 is 1.84 bits per heavy atom. The normalized spacial score (nSPS) is 25.1. The SMILES string of the molecule is CC1CCCC(NC(=O)COC(=O)c2ccc(Cl)c(S(=O)(=O)N3CCCCC3)c2)C1C. The van der Waals surface area contributed by atoms with Gasteiger partial charge in [0, 0.05) is 19.1 Å². The minimum absolute atomic E-state index is 0.0486. The van der Waals surface area contributed by atoms with Gasteiger partial charge >= 0.3 is 5.97 Å².